The lowest BCUT2D eigenvalue weighted by molar-refractivity contribution is 0.0947. The van der Waals surface area contributed by atoms with Crippen LogP contribution >= 0.6 is 0 Å². The summed E-state index contributed by atoms with van der Waals surface area (Å²) in [7, 11) is 1.83. The van der Waals surface area contributed by atoms with Crippen molar-refractivity contribution in [1.82, 2.24) is 14.9 Å². The Morgan fingerprint density at radius 2 is 2.44 bits per heavy atom. The molecular formula is C11H19N3O2. The Hall–Kier alpha value is -1.36. The summed E-state index contributed by atoms with van der Waals surface area (Å²) in [5.41, 5.74) is 0.442. The lowest BCUT2D eigenvalue weighted by Crippen LogP contribution is -2.25. The minimum atomic E-state index is -0.141. The summed E-state index contributed by atoms with van der Waals surface area (Å²) in [6, 6.07) is 0. The minimum absolute atomic E-state index is 0.141. The van der Waals surface area contributed by atoms with Crippen molar-refractivity contribution in [2.24, 2.45) is 13.0 Å². The Balaban J connectivity index is 2.21. The zero-order valence-electron chi connectivity index (χ0n) is 9.81. The number of carbonyl (C=O) groups excluding carboxylic acids is 1. The van der Waals surface area contributed by atoms with Gasteiger partial charge in [0.05, 0.1) is 6.33 Å². The second kappa shape index (κ2) is 6.27. The molecule has 1 amide bonds. The number of aliphatic hydroxyl groups excluding tert-OH is 1. The van der Waals surface area contributed by atoms with E-state index in [0.29, 0.717) is 18.2 Å². The van der Waals surface area contributed by atoms with Gasteiger partial charge in [-0.2, -0.15) is 0 Å². The summed E-state index contributed by atoms with van der Waals surface area (Å²) in [5, 5.41) is 11.6. The molecule has 16 heavy (non-hydrogen) atoms. The molecule has 0 aromatic carbocycles. The first kappa shape index (κ1) is 12.7. The van der Waals surface area contributed by atoms with Gasteiger partial charge >= 0.3 is 0 Å². The summed E-state index contributed by atoms with van der Waals surface area (Å²) in [5.74, 6) is 0.156. The Bertz CT molecular complexity index is 336. The van der Waals surface area contributed by atoms with Gasteiger partial charge in [0, 0.05) is 26.4 Å². The summed E-state index contributed by atoms with van der Waals surface area (Å²) in [6.07, 6.45) is 5.08. The fraction of sp³-hybridized carbons (Fsp3) is 0.636. The molecule has 0 saturated carbocycles. The Morgan fingerprint density at radius 1 is 1.69 bits per heavy atom. The van der Waals surface area contributed by atoms with Crippen molar-refractivity contribution in [3.63, 3.8) is 0 Å². The number of hydrogen-bond acceptors (Lipinski definition) is 3. The highest BCUT2D eigenvalue weighted by Gasteiger charge is 2.07. The molecule has 1 aromatic rings. The monoisotopic (exact) mass is 225 g/mol. The standard InChI is InChI=1S/C11H19N3O2/c1-9(7-15)4-3-5-12-11(16)10-6-14(2)8-13-10/h6,8-9,15H,3-5,7H2,1-2H3,(H,12,16). The molecule has 90 valence electrons. The summed E-state index contributed by atoms with van der Waals surface area (Å²) in [6.45, 7) is 2.81. The van der Waals surface area contributed by atoms with Gasteiger partial charge in [-0.3, -0.25) is 4.79 Å². The lowest BCUT2D eigenvalue weighted by atomic mass is 10.1. The van der Waals surface area contributed by atoms with Gasteiger partial charge in [0.15, 0.2) is 0 Å². The van der Waals surface area contributed by atoms with Crippen molar-refractivity contribution >= 4 is 5.91 Å². The van der Waals surface area contributed by atoms with Crippen LogP contribution in [0.15, 0.2) is 12.5 Å². The predicted octanol–water partition coefficient (Wildman–Crippen LogP) is 0.558. The van der Waals surface area contributed by atoms with E-state index >= 15 is 0 Å². The zero-order chi connectivity index (χ0) is 12.0. The Labute approximate surface area is 95.5 Å². The molecule has 5 nitrogen and oxygen atoms in total. The molecule has 0 aliphatic carbocycles. The van der Waals surface area contributed by atoms with Crippen LogP contribution in [-0.4, -0.2) is 33.7 Å². The van der Waals surface area contributed by atoms with Gasteiger partial charge in [0.2, 0.25) is 0 Å². The highest BCUT2D eigenvalue weighted by Crippen LogP contribution is 2.02. The van der Waals surface area contributed by atoms with Gasteiger partial charge in [0.25, 0.3) is 5.91 Å². The molecule has 0 saturated heterocycles. The van der Waals surface area contributed by atoms with Crippen molar-refractivity contribution in [1.29, 1.82) is 0 Å². The first-order chi connectivity index (χ1) is 7.63. The van der Waals surface area contributed by atoms with Crippen LogP contribution in [-0.2, 0) is 7.05 Å². The van der Waals surface area contributed by atoms with Crippen LogP contribution in [0.2, 0.25) is 0 Å². The van der Waals surface area contributed by atoms with Crippen LogP contribution in [0.5, 0.6) is 0 Å². The highest BCUT2D eigenvalue weighted by atomic mass is 16.3. The number of aryl methyl sites for hydroxylation is 1. The second-order valence-corrected chi connectivity index (χ2v) is 4.11. The molecule has 1 aromatic heterocycles. The summed E-state index contributed by atoms with van der Waals surface area (Å²) in [4.78, 5) is 15.5. The molecule has 1 atom stereocenters. The number of amides is 1. The van der Waals surface area contributed by atoms with Crippen LogP contribution in [0.25, 0.3) is 0 Å². The largest absolute Gasteiger partial charge is 0.396 e. The second-order valence-electron chi connectivity index (χ2n) is 4.11. The molecule has 0 aliphatic rings. The SMILES string of the molecule is CC(CO)CCCNC(=O)c1cn(C)cn1. The van der Waals surface area contributed by atoms with E-state index < -0.39 is 0 Å². The molecule has 0 spiro atoms. The minimum Gasteiger partial charge on any atom is -0.396 e. The van der Waals surface area contributed by atoms with Crippen molar-refractivity contribution < 1.29 is 9.90 Å². The van der Waals surface area contributed by atoms with E-state index in [2.05, 4.69) is 10.3 Å². The van der Waals surface area contributed by atoms with Crippen LogP contribution in [0.4, 0.5) is 0 Å². The molecule has 1 unspecified atom stereocenters. The molecule has 1 rings (SSSR count). The maximum absolute atomic E-state index is 11.5. The average Bonchev–Trinajstić information content (AvgIpc) is 2.70. The first-order valence-electron chi connectivity index (χ1n) is 5.50. The maximum Gasteiger partial charge on any atom is 0.271 e. The van der Waals surface area contributed by atoms with Gasteiger partial charge in [0.1, 0.15) is 5.69 Å². The quantitative estimate of drug-likeness (QED) is 0.695. The van der Waals surface area contributed by atoms with Gasteiger partial charge < -0.3 is 15.0 Å². The van der Waals surface area contributed by atoms with E-state index in [1.807, 2.05) is 14.0 Å². The zero-order valence-corrected chi connectivity index (χ0v) is 9.81. The van der Waals surface area contributed by atoms with Crippen molar-refractivity contribution in [2.45, 2.75) is 19.8 Å². The van der Waals surface area contributed by atoms with Crippen molar-refractivity contribution in [2.75, 3.05) is 13.2 Å². The molecule has 5 heteroatoms. The predicted molar refractivity (Wildman–Crippen MR) is 61.0 cm³/mol. The molecule has 0 bridgehead atoms. The van der Waals surface area contributed by atoms with E-state index in [0.717, 1.165) is 12.8 Å². The van der Waals surface area contributed by atoms with E-state index in [9.17, 15) is 4.79 Å². The normalized spacial score (nSPS) is 12.4. The van der Waals surface area contributed by atoms with Crippen molar-refractivity contribution in [3.8, 4) is 0 Å². The molecular weight excluding hydrogens is 206 g/mol. The molecule has 1 heterocycles. The first-order valence-corrected chi connectivity index (χ1v) is 5.50. The third-order valence-corrected chi connectivity index (χ3v) is 2.41. The number of nitrogens with one attached hydrogen (secondary N) is 1. The average molecular weight is 225 g/mol. The number of aliphatic hydroxyl groups is 1. The molecule has 0 radical (unpaired) electrons. The van der Waals surface area contributed by atoms with Crippen LogP contribution in [0.1, 0.15) is 30.3 Å². The van der Waals surface area contributed by atoms with Crippen molar-refractivity contribution in [3.05, 3.63) is 18.2 Å². The summed E-state index contributed by atoms with van der Waals surface area (Å²) >= 11 is 0. The Kier molecular flexibility index (Phi) is 4.98. The van der Waals surface area contributed by atoms with Gasteiger partial charge in [-0.15, -0.1) is 0 Å². The fourth-order valence-corrected chi connectivity index (χ4v) is 1.36. The fourth-order valence-electron chi connectivity index (χ4n) is 1.36. The van der Waals surface area contributed by atoms with E-state index in [-0.39, 0.29) is 12.5 Å². The topological polar surface area (TPSA) is 67.2 Å². The summed E-state index contributed by atoms with van der Waals surface area (Å²) < 4.78 is 1.74. The number of hydrogen-bond donors (Lipinski definition) is 2. The maximum atomic E-state index is 11.5. The van der Waals surface area contributed by atoms with Crippen LogP contribution in [0, 0.1) is 5.92 Å². The van der Waals surface area contributed by atoms with E-state index in [1.165, 1.54) is 0 Å². The van der Waals surface area contributed by atoms with E-state index in [1.54, 1.807) is 17.1 Å². The number of aromatic nitrogens is 2. The molecule has 2 N–H and O–H groups in total. The third-order valence-electron chi connectivity index (χ3n) is 2.41. The van der Waals surface area contributed by atoms with Gasteiger partial charge in [-0.25, -0.2) is 4.98 Å². The third kappa shape index (κ3) is 4.02. The number of imidazole rings is 1. The van der Waals surface area contributed by atoms with Gasteiger partial charge in [-0.1, -0.05) is 6.92 Å². The highest BCUT2D eigenvalue weighted by molar-refractivity contribution is 5.91. The number of rotatable bonds is 6. The Morgan fingerprint density at radius 3 is 3.00 bits per heavy atom. The lowest BCUT2D eigenvalue weighted by Gasteiger charge is -2.07. The van der Waals surface area contributed by atoms with E-state index in [4.69, 9.17) is 5.11 Å². The molecule has 0 fully saturated rings. The molecule has 0 aliphatic heterocycles. The van der Waals surface area contributed by atoms with Gasteiger partial charge in [-0.05, 0) is 18.8 Å². The number of carbonyl (C=O) groups is 1. The smallest absolute Gasteiger partial charge is 0.271 e. The van der Waals surface area contributed by atoms with Crippen LogP contribution < -0.4 is 5.32 Å². The van der Waals surface area contributed by atoms with Crippen LogP contribution in [0.3, 0.4) is 0 Å². The number of nitrogens with zero attached hydrogens (tertiary/aromatic N) is 2.